The number of nitriles is 1. The summed E-state index contributed by atoms with van der Waals surface area (Å²) >= 11 is 0. The van der Waals surface area contributed by atoms with Crippen molar-refractivity contribution in [2.45, 2.75) is 33.2 Å². The molecule has 1 fully saturated rings. The van der Waals surface area contributed by atoms with E-state index in [1.807, 2.05) is 6.92 Å². The molecule has 0 saturated carbocycles. The first kappa shape index (κ1) is 15.4. The van der Waals surface area contributed by atoms with Crippen LogP contribution in [-0.4, -0.2) is 61.8 Å². The fourth-order valence-electron chi connectivity index (χ4n) is 2.07. The summed E-state index contributed by atoms with van der Waals surface area (Å²) in [5, 5.41) is 8.87. The first-order chi connectivity index (χ1) is 8.63. The van der Waals surface area contributed by atoms with Crippen molar-refractivity contribution in [2.24, 2.45) is 5.92 Å². The Morgan fingerprint density at radius 1 is 1.11 bits per heavy atom. The zero-order chi connectivity index (χ0) is 13.4. The summed E-state index contributed by atoms with van der Waals surface area (Å²) in [5.74, 6) is 0.723. The highest BCUT2D eigenvalue weighted by Crippen LogP contribution is 2.05. The molecule has 0 radical (unpaired) electrons. The molecule has 104 valence electrons. The maximum Gasteiger partial charge on any atom is 0.0950 e. The van der Waals surface area contributed by atoms with Crippen molar-refractivity contribution in [1.82, 2.24) is 9.80 Å². The van der Waals surface area contributed by atoms with E-state index in [9.17, 15) is 0 Å². The molecule has 4 heteroatoms. The molecule has 0 aromatic heterocycles. The fraction of sp³-hybridized carbons (Fsp3) is 0.929. The minimum atomic E-state index is 0.0504. The first-order valence-corrected chi connectivity index (χ1v) is 7.07. The number of piperazine rings is 1. The Hall–Kier alpha value is -0.630. The standard InChI is InChI=1S/C14H27N3O/c1-13(2)4-10-18-11-9-16-5-7-17(8-6-16)14(3)12-15/h13-14H,4-11H2,1-3H3. The van der Waals surface area contributed by atoms with E-state index in [1.165, 1.54) is 0 Å². The molecular formula is C14H27N3O. The van der Waals surface area contributed by atoms with Crippen molar-refractivity contribution < 1.29 is 4.74 Å². The summed E-state index contributed by atoms with van der Waals surface area (Å²) in [4.78, 5) is 4.67. The van der Waals surface area contributed by atoms with Crippen molar-refractivity contribution in [3.05, 3.63) is 0 Å². The van der Waals surface area contributed by atoms with Crippen LogP contribution in [0.1, 0.15) is 27.2 Å². The first-order valence-electron chi connectivity index (χ1n) is 7.07. The Morgan fingerprint density at radius 2 is 1.78 bits per heavy atom. The van der Waals surface area contributed by atoms with Gasteiger partial charge in [-0.1, -0.05) is 13.8 Å². The lowest BCUT2D eigenvalue weighted by Gasteiger charge is -2.35. The van der Waals surface area contributed by atoms with Gasteiger partial charge in [0.25, 0.3) is 0 Å². The minimum absolute atomic E-state index is 0.0504. The van der Waals surface area contributed by atoms with Crippen LogP contribution in [0.3, 0.4) is 0 Å². The summed E-state index contributed by atoms with van der Waals surface area (Å²) in [6, 6.07) is 2.35. The van der Waals surface area contributed by atoms with Crippen molar-refractivity contribution >= 4 is 0 Å². The van der Waals surface area contributed by atoms with Crippen molar-refractivity contribution in [1.29, 1.82) is 5.26 Å². The molecule has 4 nitrogen and oxygen atoms in total. The molecule has 1 atom stereocenters. The van der Waals surface area contributed by atoms with Crippen molar-refractivity contribution in [3.63, 3.8) is 0 Å². The van der Waals surface area contributed by atoms with E-state index < -0.39 is 0 Å². The monoisotopic (exact) mass is 253 g/mol. The average Bonchev–Trinajstić information content (AvgIpc) is 2.38. The van der Waals surface area contributed by atoms with Crippen LogP contribution >= 0.6 is 0 Å². The van der Waals surface area contributed by atoms with Gasteiger partial charge in [-0.15, -0.1) is 0 Å². The molecule has 0 spiro atoms. The van der Waals surface area contributed by atoms with Crippen molar-refractivity contribution in [3.8, 4) is 6.07 Å². The largest absolute Gasteiger partial charge is 0.380 e. The quantitative estimate of drug-likeness (QED) is 0.646. The molecule has 1 saturated heterocycles. The third kappa shape index (κ3) is 5.81. The summed E-state index contributed by atoms with van der Waals surface area (Å²) < 4.78 is 5.64. The van der Waals surface area contributed by atoms with Gasteiger partial charge >= 0.3 is 0 Å². The van der Waals surface area contributed by atoms with Gasteiger partial charge in [-0.25, -0.2) is 0 Å². The molecule has 0 aromatic rings. The highest BCUT2D eigenvalue weighted by molar-refractivity contribution is 4.90. The van der Waals surface area contributed by atoms with Gasteiger partial charge in [0.05, 0.1) is 18.7 Å². The molecular weight excluding hydrogens is 226 g/mol. The van der Waals surface area contributed by atoms with E-state index in [2.05, 4.69) is 29.7 Å². The Bertz CT molecular complexity index is 254. The van der Waals surface area contributed by atoms with Gasteiger partial charge in [-0.2, -0.15) is 5.26 Å². The van der Waals surface area contributed by atoms with Gasteiger partial charge in [0.15, 0.2) is 0 Å². The van der Waals surface area contributed by atoms with Crippen LogP contribution in [0.25, 0.3) is 0 Å². The third-order valence-electron chi connectivity index (χ3n) is 3.53. The number of ether oxygens (including phenoxy) is 1. The van der Waals surface area contributed by atoms with Gasteiger partial charge in [-0.3, -0.25) is 9.80 Å². The van der Waals surface area contributed by atoms with Gasteiger partial charge in [0, 0.05) is 39.3 Å². The highest BCUT2D eigenvalue weighted by Gasteiger charge is 2.20. The Morgan fingerprint density at radius 3 is 2.33 bits per heavy atom. The van der Waals surface area contributed by atoms with Gasteiger partial charge in [-0.05, 0) is 19.3 Å². The van der Waals surface area contributed by atoms with Crippen LogP contribution in [-0.2, 0) is 4.74 Å². The zero-order valence-corrected chi connectivity index (χ0v) is 12.1. The van der Waals surface area contributed by atoms with Crippen molar-refractivity contribution in [2.75, 3.05) is 45.9 Å². The Labute approximate surface area is 112 Å². The van der Waals surface area contributed by atoms with Gasteiger partial charge in [0.1, 0.15) is 0 Å². The summed E-state index contributed by atoms with van der Waals surface area (Å²) in [5.41, 5.74) is 0. The van der Waals surface area contributed by atoms with E-state index in [0.29, 0.717) is 0 Å². The summed E-state index contributed by atoms with van der Waals surface area (Å²) in [6.07, 6.45) is 1.15. The second-order valence-electron chi connectivity index (χ2n) is 5.48. The minimum Gasteiger partial charge on any atom is -0.380 e. The molecule has 1 aliphatic rings. The maximum absolute atomic E-state index is 8.87. The molecule has 0 N–H and O–H groups in total. The molecule has 1 heterocycles. The number of hydrogen-bond acceptors (Lipinski definition) is 4. The third-order valence-corrected chi connectivity index (χ3v) is 3.53. The van der Waals surface area contributed by atoms with E-state index in [4.69, 9.17) is 10.00 Å². The summed E-state index contributed by atoms with van der Waals surface area (Å²) in [6.45, 7) is 13.3. The van der Waals surface area contributed by atoms with Crippen LogP contribution in [0.2, 0.25) is 0 Å². The van der Waals surface area contributed by atoms with Crippen LogP contribution in [0.5, 0.6) is 0 Å². The zero-order valence-electron chi connectivity index (χ0n) is 12.1. The molecule has 18 heavy (non-hydrogen) atoms. The summed E-state index contributed by atoms with van der Waals surface area (Å²) in [7, 11) is 0. The second kappa shape index (κ2) is 8.47. The fourth-order valence-corrected chi connectivity index (χ4v) is 2.07. The maximum atomic E-state index is 8.87. The van der Waals surface area contributed by atoms with Crippen LogP contribution in [0, 0.1) is 17.2 Å². The lowest BCUT2D eigenvalue weighted by Crippen LogP contribution is -2.49. The van der Waals surface area contributed by atoms with E-state index in [-0.39, 0.29) is 6.04 Å². The van der Waals surface area contributed by atoms with Crippen LogP contribution in [0.4, 0.5) is 0 Å². The molecule has 0 bridgehead atoms. The second-order valence-corrected chi connectivity index (χ2v) is 5.48. The highest BCUT2D eigenvalue weighted by atomic mass is 16.5. The molecule has 0 amide bonds. The molecule has 1 rings (SSSR count). The number of hydrogen-bond donors (Lipinski definition) is 0. The topological polar surface area (TPSA) is 39.5 Å². The average molecular weight is 253 g/mol. The van der Waals surface area contributed by atoms with E-state index in [1.54, 1.807) is 0 Å². The Balaban J connectivity index is 2.04. The predicted molar refractivity (Wildman–Crippen MR) is 73.4 cm³/mol. The predicted octanol–water partition coefficient (Wildman–Crippen LogP) is 1.58. The smallest absolute Gasteiger partial charge is 0.0950 e. The van der Waals surface area contributed by atoms with E-state index >= 15 is 0 Å². The van der Waals surface area contributed by atoms with Gasteiger partial charge < -0.3 is 4.74 Å². The van der Waals surface area contributed by atoms with Gasteiger partial charge in [0.2, 0.25) is 0 Å². The molecule has 1 unspecified atom stereocenters. The molecule has 0 aliphatic carbocycles. The lowest BCUT2D eigenvalue weighted by atomic mass is 10.1. The SMILES string of the molecule is CC(C)CCOCCN1CCN(C(C)C#N)CC1. The van der Waals surface area contributed by atoms with Crippen LogP contribution in [0.15, 0.2) is 0 Å². The number of nitrogens with zero attached hydrogens (tertiary/aromatic N) is 3. The van der Waals surface area contributed by atoms with E-state index in [0.717, 1.165) is 58.3 Å². The molecule has 0 aromatic carbocycles. The lowest BCUT2D eigenvalue weighted by molar-refractivity contribution is 0.0671. The molecule has 1 aliphatic heterocycles. The normalized spacial score (nSPS) is 19.9. The number of rotatable bonds is 7. The van der Waals surface area contributed by atoms with Crippen LogP contribution < -0.4 is 0 Å². The Kier molecular flexibility index (Phi) is 7.26.